The molecule has 4 nitrogen and oxygen atoms in total. The molecule has 0 heterocycles. The van der Waals surface area contributed by atoms with Gasteiger partial charge in [-0.2, -0.15) is 12.2 Å². The second-order valence-corrected chi connectivity index (χ2v) is 10.5. The van der Waals surface area contributed by atoms with Gasteiger partial charge in [-0.3, -0.25) is 21.7 Å². The Morgan fingerprint density at radius 2 is 1.06 bits per heavy atom. The van der Waals surface area contributed by atoms with E-state index in [-0.39, 0.29) is 56.7 Å². The fourth-order valence-electron chi connectivity index (χ4n) is 4.17. The van der Waals surface area contributed by atoms with Crippen molar-refractivity contribution in [3.05, 3.63) is 108 Å². The summed E-state index contributed by atoms with van der Waals surface area (Å²) in [6.07, 6.45) is 26.9. The topological polar surface area (TPSA) is 58.2 Å². The van der Waals surface area contributed by atoms with E-state index in [9.17, 15) is 27.2 Å². The Hall–Kier alpha value is -3.23. The minimum absolute atomic E-state index is 0. The van der Waals surface area contributed by atoms with E-state index in [0.29, 0.717) is 12.8 Å². The van der Waals surface area contributed by atoms with Crippen LogP contribution in [0.5, 0.6) is 0 Å². The van der Waals surface area contributed by atoms with Gasteiger partial charge in [0.1, 0.15) is 0 Å². The van der Waals surface area contributed by atoms with Crippen molar-refractivity contribution in [1.82, 2.24) is 0 Å². The SMILES string of the molecule is CCCCC(CC)C(=O)Nc1ccc(F)[c-]c1F.CCCCC(CC)C(=O)Nc1ccc(F)[c-]c1F.[C-]1=CC=CC1.[C-]1=CC=CC1.[Ti+4]. The molecule has 2 aromatic carbocycles. The zero-order valence-electron chi connectivity index (χ0n) is 27.8. The van der Waals surface area contributed by atoms with E-state index in [2.05, 4.69) is 48.8 Å². The third-order valence-electron chi connectivity index (χ3n) is 6.95. The summed E-state index contributed by atoms with van der Waals surface area (Å²) in [5.41, 5.74) is -0.0345. The van der Waals surface area contributed by atoms with Crippen LogP contribution in [0, 0.1) is 59.4 Å². The van der Waals surface area contributed by atoms with Crippen LogP contribution in [0.1, 0.15) is 91.9 Å². The zero-order chi connectivity index (χ0) is 34.2. The van der Waals surface area contributed by atoms with E-state index in [4.69, 9.17) is 0 Å². The van der Waals surface area contributed by atoms with Crippen molar-refractivity contribution in [2.24, 2.45) is 11.8 Å². The van der Waals surface area contributed by atoms with Crippen molar-refractivity contribution < 1.29 is 48.9 Å². The largest absolute Gasteiger partial charge is 4.00 e. The Morgan fingerprint density at radius 1 is 0.681 bits per heavy atom. The molecule has 2 aliphatic rings. The number of nitrogens with one attached hydrogen (secondary N) is 2. The van der Waals surface area contributed by atoms with Crippen LogP contribution in [-0.2, 0) is 31.3 Å². The van der Waals surface area contributed by atoms with Crippen LogP contribution >= 0.6 is 0 Å². The predicted octanol–water partition coefficient (Wildman–Crippen LogP) is 10.4. The van der Waals surface area contributed by atoms with Crippen LogP contribution in [0.3, 0.4) is 0 Å². The number of hydrogen-bond donors (Lipinski definition) is 2. The Kier molecular flexibility index (Phi) is 25.0. The molecule has 4 rings (SSSR count). The Labute approximate surface area is 293 Å². The van der Waals surface area contributed by atoms with Crippen molar-refractivity contribution >= 4 is 23.2 Å². The Bertz CT molecular complexity index is 1190. The molecule has 2 atom stereocenters. The summed E-state index contributed by atoms with van der Waals surface area (Å²) >= 11 is 0. The first-order chi connectivity index (χ1) is 22.2. The average Bonchev–Trinajstić information content (AvgIpc) is 3.82. The molecule has 9 heteroatoms. The molecule has 2 aromatic rings. The van der Waals surface area contributed by atoms with Gasteiger partial charge in [-0.1, -0.05) is 53.4 Å². The third-order valence-corrected chi connectivity index (χ3v) is 6.95. The first-order valence-electron chi connectivity index (χ1n) is 16.0. The number of benzene rings is 2. The van der Waals surface area contributed by atoms with Gasteiger partial charge in [-0.15, -0.1) is 49.2 Å². The summed E-state index contributed by atoms with van der Waals surface area (Å²) < 4.78 is 52.0. The number of carbonyl (C=O) groups is 2. The molecule has 2 aliphatic carbocycles. The summed E-state index contributed by atoms with van der Waals surface area (Å²) in [7, 11) is 0. The van der Waals surface area contributed by atoms with E-state index < -0.39 is 23.3 Å². The number of amides is 2. The van der Waals surface area contributed by atoms with E-state index in [0.717, 1.165) is 63.5 Å². The van der Waals surface area contributed by atoms with Gasteiger partial charge in [0.05, 0.1) is 0 Å². The fourth-order valence-corrected chi connectivity index (χ4v) is 4.17. The number of halogens is 4. The van der Waals surface area contributed by atoms with Crippen LogP contribution in [0.2, 0.25) is 0 Å². The van der Waals surface area contributed by atoms with Gasteiger partial charge in [0, 0.05) is 35.1 Å². The quantitative estimate of drug-likeness (QED) is 0.133. The molecule has 2 amide bonds. The molecule has 0 saturated heterocycles. The van der Waals surface area contributed by atoms with Crippen LogP contribution in [0.4, 0.5) is 28.9 Å². The van der Waals surface area contributed by atoms with Gasteiger partial charge < -0.3 is 10.6 Å². The fraction of sp³-hybridized carbons (Fsp3) is 0.421. The molecule has 0 saturated carbocycles. The van der Waals surface area contributed by atoms with Gasteiger partial charge >= 0.3 is 21.7 Å². The maximum atomic E-state index is 13.3. The van der Waals surface area contributed by atoms with E-state index in [1.54, 1.807) is 0 Å². The molecule has 0 spiro atoms. The van der Waals surface area contributed by atoms with Crippen LogP contribution in [0.15, 0.2) is 60.7 Å². The number of rotatable bonds is 12. The standard InChI is InChI=1S/2C14H18F2NO.2C5H5.Ti/c2*1-3-5-6-10(4-2)14(18)17-13-8-7-11(15)9-12(13)16;2*1-2-4-5-3-1;/h2*7-8,10H,3-6H2,1-2H3,(H,17,18);2*1-3H,4H2;/q4*-1;+4. The van der Waals surface area contributed by atoms with Gasteiger partial charge in [0.15, 0.2) is 0 Å². The van der Waals surface area contributed by atoms with Gasteiger partial charge in [0.2, 0.25) is 11.8 Å². The Balaban J connectivity index is 0.000000681. The van der Waals surface area contributed by atoms with Crippen LogP contribution < -0.4 is 10.6 Å². The van der Waals surface area contributed by atoms with E-state index >= 15 is 0 Å². The monoisotopic (exact) mass is 686 g/mol. The summed E-state index contributed by atoms with van der Waals surface area (Å²) in [5, 5.41) is 4.97. The minimum atomic E-state index is -0.867. The summed E-state index contributed by atoms with van der Waals surface area (Å²) in [6, 6.07) is 8.37. The molecular formula is C38H46F4N2O2Ti. The molecular weight excluding hydrogens is 640 g/mol. The van der Waals surface area contributed by atoms with Crippen molar-refractivity contribution in [1.29, 1.82) is 0 Å². The van der Waals surface area contributed by atoms with E-state index in [1.807, 2.05) is 50.3 Å². The molecule has 0 radical (unpaired) electrons. The van der Waals surface area contributed by atoms with Gasteiger partial charge in [-0.05, 0) is 37.1 Å². The number of unbranched alkanes of at least 4 members (excludes halogenated alkanes) is 2. The number of hydrogen-bond acceptors (Lipinski definition) is 2. The molecule has 0 fully saturated rings. The van der Waals surface area contributed by atoms with Crippen molar-refractivity contribution in [2.45, 2.75) is 91.9 Å². The number of allylic oxidation sites excluding steroid dienone is 8. The summed E-state index contributed by atoms with van der Waals surface area (Å²) in [4.78, 5) is 23.8. The second-order valence-electron chi connectivity index (χ2n) is 10.5. The summed E-state index contributed by atoms with van der Waals surface area (Å²) in [5.74, 6) is -3.98. The minimum Gasteiger partial charge on any atom is -0.376 e. The third kappa shape index (κ3) is 19.3. The second kappa shape index (κ2) is 26.8. The van der Waals surface area contributed by atoms with Crippen LogP contribution in [0.25, 0.3) is 0 Å². The molecule has 2 N–H and O–H groups in total. The maximum Gasteiger partial charge on any atom is 4.00 e. The van der Waals surface area contributed by atoms with Crippen molar-refractivity contribution in [2.75, 3.05) is 10.6 Å². The van der Waals surface area contributed by atoms with E-state index in [1.165, 1.54) is 12.1 Å². The smallest absolute Gasteiger partial charge is 0.376 e. The molecule has 2 unspecified atom stereocenters. The van der Waals surface area contributed by atoms with Crippen LogP contribution in [-0.4, -0.2) is 11.8 Å². The summed E-state index contributed by atoms with van der Waals surface area (Å²) in [6.45, 7) is 7.96. The van der Waals surface area contributed by atoms with Crippen molar-refractivity contribution in [3.63, 3.8) is 0 Å². The zero-order valence-corrected chi connectivity index (χ0v) is 29.4. The predicted molar refractivity (Wildman–Crippen MR) is 177 cm³/mol. The van der Waals surface area contributed by atoms with Gasteiger partial charge in [0.25, 0.3) is 0 Å². The maximum absolute atomic E-state index is 13.3. The molecule has 0 bridgehead atoms. The average molecular weight is 687 g/mol. The molecule has 0 aromatic heterocycles. The molecule has 252 valence electrons. The number of carbonyl (C=O) groups excluding carboxylic acids is 2. The Morgan fingerprint density at radius 3 is 1.30 bits per heavy atom. The van der Waals surface area contributed by atoms with Gasteiger partial charge in [-0.25, -0.2) is 41.9 Å². The van der Waals surface area contributed by atoms with Crippen molar-refractivity contribution in [3.8, 4) is 0 Å². The molecule has 47 heavy (non-hydrogen) atoms. The first-order valence-corrected chi connectivity index (χ1v) is 16.0. The molecule has 0 aliphatic heterocycles. The normalized spacial score (nSPS) is 13.1. The first kappa shape index (κ1) is 43.8. The number of anilines is 2.